The van der Waals surface area contributed by atoms with Gasteiger partial charge in [-0.05, 0) is 80.5 Å². The second kappa shape index (κ2) is 9.77. The van der Waals surface area contributed by atoms with Gasteiger partial charge in [0.25, 0.3) is 0 Å². The lowest BCUT2D eigenvalue weighted by molar-refractivity contribution is 0.0875. The third kappa shape index (κ3) is 5.02. The van der Waals surface area contributed by atoms with Gasteiger partial charge in [-0.2, -0.15) is 13.5 Å². The molecule has 2 heterocycles. The number of alkyl halides is 1. The van der Waals surface area contributed by atoms with Crippen molar-refractivity contribution in [2.24, 2.45) is 0 Å². The van der Waals surface area contributed by atoms with Crippen molar-refractivity contribution in [3.8, 4) is 0 Å². The van der Waals surface area contributed by atoms with Gasteiger partial charge in [0.05, 0.1) is 24.5 Å². The van der Waals surface area contributed by atoms with Crippen molar-refractivity contribution in [1.82, 2.24) is 14.5 Å². The van der Waals surface area contributed by atoms with E-state index in [0.717, 1.165) is 55.3 Å². The Hall–Kier alpha value is -2.66. The van der Waals surface area contributed by atoms with Crippen molar-refractivity contribution in [3.05, 3.63) is 40.7 Å². The van der Waals surface area contributed by atoms with Crippen LogP contribution in [0.25, 0.3) is 0 Å². The molecule has 1 aliphatic heterocycles. The zero-order valence-corrected chi connectivity index (χ0v) is 20.7. The molecular weight excluding hydrogens is 473 g/mol. The Balaban J connectivity index is 1.40. The van der Waals surface area contributed by atoms with Crippen LogP contribution in [0.2, 0.25) is 0 Å². The number of rotatable bonds is 7. The molecule has 1 aromatic carbocycles. The van der Waals surface area contributed by atoms with Crippen LogP contribution in [0.5, 0.6) is 0 Å². The zero-order valence-electron chi connectivity index (χ0n) is 19.9. The normalized spacial score (nSPS) is 18.7. The van der Waals surface area contributed by atoms with Gasteiger partial charge in [0.15, 0.2) is 0 Å². The number of hydrogen-bond donors (Lipinski definition) is 2. The van der Waals surface area contributed by atoms with Crippen LogP contribution in [0.3, 0.4) is 0 Å². The molecule has 3 aliphatic rings. The molecular formula is C24H32FN5O4S. The summed E-state index contributed by atoms with van der Waals surface area (Å²) in [7, 11) is -4.27. The summed E-state index contributed by atoms with van der Waals surface area (Å²) in [4.78, 5) is 13.1. The van der Waals surface area contributed by atoms with Crippen LogP contribution in [-0.2, 0) is 47.2 Å². The first-order valence-electron chi connectivity index (χ1n) is 12.4. The lowest BCUT2D eigenvalue weighted by Crippen LogP contribution is -2.51. The van der Waals surface area contributed by atoms with E-state index in [4.69, 9.17) is 4.74 Å². The molecule has 1 fully saturated rings. The minimum absolute atomic E-state index is 0.0137. The van der Waals surface area contributed by atoms with E-state index in [1.807, 2.05) is 0 Å². The molecule has 9 nitrogen and oxygen atoms in total. The fourth-order valence-corrected chi connectivity index (χ4v) is 6.92. The number of aromatic nitrogens is 2. The Kier molecular flexibility index (Phi) is 6.71. The van der Waals surface area contributed by atoms with E-state index in [9.17, 15) is 17.6 Å². The maximum atomic E-state index is 13.5. The Morgan fingerprint density at radius 3 is 2.49 bits per heavy atom. The van der Waals surface area contributed by atoms with Crippen LogP contribution in [0.4, 0.5) is 20.6 Å². The Morgan fingerprint density at radius 2 is 1.86 bits per heavy atom. The lowest BCUT2D eigenvalue weighted by atomic mass is 9.99. The molecule has 190 valence electrons. The molecule has 11 heteroatoms. The van der Waals surface area contributed by atoms with Gasteiger partial charge in [0, 0.05) is 25.1 Å². The molecule has 35 heavy (non-hydrogen) atoms. The number of fused-ring (bicyclic) bond motifs is 2. The highest BCUT2D eigenvalue weighted by Gasteiger charge is 2.34. The number of urea groups is 1. The van der Waals surface area contributed by atoms with Crippen molar-refractivity contribution < 1.29 is 22.3 Å². The smallest absolute Gasteiger partial charge is 0.334 e. The largest absolute Gasteiger partial charge is 0.381 e. The summed E-state index contributed by atoms with van der Waals surface area (Å²) in [6.45, 7) is 2.26. The van der Waals surface area contributed by atoms with Crippen molar-refractivity contribution in [2.45, 2.75) is 77.0 Å². The van der Waals surface area contributed by atoms with Crippen molar-refractivity contribution >= 4 is 27.6 Å². The summed E-state index contributed by atoms with van der Waals surface area (Å²) < 4.78 is 50.8. The maximum Gasteiger partial charge on any atom is 0.334 e. The highest BCUT2D eigenvalue weighted by Crippen LogP contribution is 2.38. The molecule has 0 radical (unpaired) electrons. The number of aryl methyl sites for hydroxylation is 2. The number of benzene rings is 1. The number of carbonyl (C=O) groups excluding carboxylic acids is 1. The first-order valence-corrected chi connectivity index (χ1v) is 13.8. The number of carbonyl (C=O) groups is 1. The molecule has 0 spiro atoms. The quantitative estimate of drug-likeness (QED) is 0.601. The van der Waals surface area contributed by atoms with Crippen LogP contribution >= 0.6 is 0 Å². The van der Waals surface area contributed by atoms with Gasteiger partial charge in [-0.25, -0.2) is 18.2 Å². The Labute approximate surface area is 205 Å². The van der Waals surface area contributed by atoms with Crippen molar-refractivity contribution in [2.75, 3.05) is 22.8 Å². The van der Waals surface area contributed by atoms with Crippen LogP contribution in [0, 0.1) is 0 Å². The van der Waals surface area contributed by atoms with Gasteiger partial charge in [-0.1, -0.05) is 6.07 Å². The van der Waals surface area contributed by atoms with E-state index in [2.05, 4.69) is 21.2 Å². The lowest BCUT2D eigenvalue weighted by Gasteiger charge is -2.33. The molecule has 1 saturated heterocycles. The number of anilines is 2. The number of amides is 2. The van der Waals surface area contributed by atoms with E-state index in [1.165, 1.54) is 39.4 Å². The number of nitrogens with one attached hydrogen (secondary N) is 2. The fourth-order valence-electron chi connectivity index (χ4n) is 5.56. The van der Waals surface area contributed by atoms with Gasteiger partial charge in [0.1, 0.15) is 6.17 Å². The predicted molar refractivity (Wildman–Crippen MR) is 131 cm³/mol. The van der Waals surface area contributed by atoms with Gasteiger partial charge >= 0.3 is 16.2 Å². The third-order valence-corrected chi connectivity index (χ3v) is 8.50. The van der Waals surface area contributed by atoms with E-state index in [-0.39, 0.29) is 6.54 Å². The Bertz CT molecular complexity index is 1170. The first-order chi connectivity index (χ1) is 16.8. The van der Waals surface area contributed by atoms with E-state index < -0.39 is 28.5 Å². The minimum atomic E-state index is -4.27. The molecule has 2 aromatic rings. The number of ether oxygens (including phenoxy) is 1. The topological polar surface area (TPSA) is 106 Å². The maximum absolute atomic E-state index is 13.5. The van der Waals surface area contributed by atoms with Crippen LogP contribution < -0.4 is 14.3 Å². The molecule has 5 rings (SSSR count). The van der Waals surface area contributed by atoms with Crippen LogP contribution in [0.1, 0.15) is 54.9 Å². The highest BCUT2D eigenvalue weighted by molar-refractivity contribution is 7.91. The zero-order chi connectivity index (χ0) is 24.6. The van der Waals surface area contributed by atoms with Crippen molar-refractivity contribution in [3.63, 3.8) is 0 Å². The van der Waals surface area contributed by atoms with Crippen LogP contribution in [0.15, 0.2) is 18.5 Å². The number of hydrogen-bond acceptors (Lipinski definition) is 5. The molecule has 1 aromatic heterocycles. The summed E-state index contributed by atoms with van der Waals surface area (Å²) in [6.07, 6.45) is 8.51. The average Bonchev–Trinajstić information content (AvgIpc) is 3.55. The monoisotopic (exact) mass is 505 g/mol. The van der Waals surface area contributed by atoms with Crippen LogP contribution in [-0.4, -0.2) is 49.7 Å². The Morgan fingerprint density at radius 1 is 1.20 bits per heavy atom. The molecule has 2 aliphatic carbocycles. The second-order valence-electron chi connectivity index (χ2n) is 9.64. The average molecular weight is 506 g/mol. The molecule has 1 unspecified atom stereocenters. The van der Waals surface area contributed by atoms with E-state index >= 15 is 0 Å². The SMILES string of the molecule is CC(F)Cn1cc(N(C2CCOCC2)S(=O)(=O)NC(=O)Nc2c3c(cc4c2CCC4)CCC3)cn1. The summed E-state index contributed by atoms with van der Waals surface area (Å²) in [5, 5.41) is 7.01. The molecule has 0 saturated carbocycles. The third-order valence-electron chi connectivity index (χ3n) is 7.03. The van der Waals surface area contributed by atoms with E-state index in [0.29, 0.717) is 31.7 Å². The van der Waals surface area contributed by atoms with Gasteiger partial charge in [-0.3, -0.25) is 4.68 Å². The molecule has 2 N–H and O–H groups in total. The molecule has 0 bridgehead atoms. The summed E-state index contributed by atoms with van der Waals surface area (Å²) >= 11 is 0. The number of nitrogens with zero attached hydrogens (tertiary/aromatic N) is 3. The summed E-state index contributed by atoms with van der Waals surface area (Å²) in [5.74, 6) is 0. The fraction of sp³-hybridized carbons (Fsp3) is 0.583. The second-order valence-corrected chi connectivity index (χ2v) is 11.2. The van der Waals surface area contributed by atoms with Gasteiger partial charge < -0.3 is 10.1 Å². The van der Waals surface area contributed by atoms with Crippen molar-refractivity contribution in [1.29, 1.82) is 0 Å². The predicted octanol–water partition coefficient (Wildman–Crippen LogP) is 3.27. The first kappa shape index (κ1) is 24.1. The molecule has 1 atom stereocenters. The summed E-state index contributed by atoms with van der Waals surface area (Å²) in [5.41, 5.74) is 5.83. The highest BCUT2D eigenvalue weighted by atomic mass is 32.2. The minimum Gasteiger partial charge on any atom is -0.381 e. The summed E-state index contributed by atoms with van der Waals surface area (Å²) in [6, 6.07) is 1.08. The number of halogens is 1. The van der Waals surface area contributed by atoms with Gasteiger partial charge in [-0.15, -0.1) is 0 Å². The standard InChI is InChI=1S/C24H32FN5O4S/c1-16(25)14-29-15-20(13-26-29)30(19-8-10-34-11-9-19)35(32,33)28-24(31)27-23-21-6-2-4-17(21)12-18-5-3-7-22(18)23/h12-13,15-16,19H,2-11,14H2,1H3,(H2,27,28,31). The molecule has 2 amide bonds. The van der Waals surface area contributed by atoms with Gasteiger partial charge in [0.2, 0.25) is 0 Å². The van der Waals surface area contributed by atoms with E-state index in [1.54, 1.807) is 0 Å².